The molecule has 0 heterocycles. The van der Waals surface area contributed by atoms with Crippen molar-refractivity contribution in [2.45, 2.75) is 109 Å². The van der Waals surface area contributed by atoms with Gasteiger partial charge in [0, 0.05) is 12.8 Å². The van der Waals surface area contributed by atoms with Crippen LogP contribution in [0.5, 0.6) is 0 Å². The number of hydrogen-bond acceptors (Lipinski definition) is 2. The second kappa shape index (κ2) is 19.0. The molecule has 0 saturated heterocycles. The predicted molar refractivity (Wildman–Crippen MR) is 103 cm³/mol. The topological polar surface area (TPSA) is 74.6 Å². The first-order valence-corrected chi connectivity index (χ1v) is 10.2. The Labute approximate surface area is 153 Å². The normalized spacial score (nSPS) is 11.2. The van der Waals surface area contributed by atoms with Gasteiger partial charge in [-0.15, -0.1) is 0 Å². The maximum absolute atomic E-state index is 10.4. The van der Waals surface area contributed by atoms with E-state index in [1.54, 1.807) is 0 Å². The van der Waals surface area contributed by atoms with E-state index >= 15 is 0 Å². The van der Waals surface area contributed by atoms with E-state index in [4.69, 9.17) is 10.2 Å². The number of allylic oxidation sites excluding steroid dienone is 2. The molecule has 4 heteroatoms. The van der Waals surface area contributed by atoms with Crippen LogP contribution >= 0.6 is 0 Å². The average Bonchev–Trinajstić information content (AvgIpc) is 2.56. The summed E-state index contributed by atoms with van der Waals surface area (Å²) in [4.78, 5) is 20.7. The van der Waals surface area contributed by atoms with Gasteiger partial charge >= 0.3 is 11.9 Å². The Morgan fingerprint density at radius 1 is 0.480 bits per heavy atom. The van der Waals surface area contributed by atoms with E-state index in [9.17, 15) is 9.59 Å². The molecule has 0 atom stereocenters. The number of carbonyl (C=O) groups is 2. The molecular weight excluding hydrogens is 316 g/mol. The third-order valence-corrected chi connectivity index (χ3v) is 4.45. The first-order valence-electron chi connectivity index (χ1n) is 10.2. The van der Waals surface area contributed by atoms with Crippen molar-refractivity contribution in [3.05, 3.63) is 12.2 Å². The predicted octanol–water partition coefficient (Wildman–Crippen LogP) is 6.34. The van der Waals surface area contributed by atoms with E-state index in [1.807, 2.05) is 6.08 Å². The van der Waals surface area contributed by atoms with Crippen LogP contribution in [0, 0.1) is 0 Å². The molecule has 146 valence electrons. The molecule has 0 aromatic rings. The van der Waals surface area contributed by atoms with E-state index in [0.29, 0.717) is 12.8 Å². The van der Waals surface area contributed by atoms with Gasteiger partial charge in [-0.1, -0.05) is 82.8 Å². The first kappa shape index (κ1) is 23.7. The molecular formula is C21H38O4. The maximum Gasteiger partial charge on any atom is 0.303 e. The highest BCUT2D eigenvalue weighted by atomic mass is 16.4. The van der Waals surface area contributed by atoms with Crippen molar-refractivity contribution in [1.29, 1.82) is 0 Å². The molecule has 0 rings (SSSR count). The molecule has 0 aliphatic rings. The van der Waals surface area contributed by atoms with Crippen molar-refractivity contribution in [3.63, 3.8) is 0 Å². The number of unbranched alkanes of at least 4 members (excludes halogenated alkanes) is 13. The number of rotatable bonds is 19. The number of hydrogen-bond donors (Lipinski definition) is 2. The van der Waals surface area contributed by atoms with Gasteiger partial charge in [0.05, 0.1) is 0 Å². The fraction of sp³-hybridized carbons (Fsp3) is 0.810. The van der Waals surface area contributed by atoms with Crippen LogP contribution in [-0.2, 0) is 9.59 Å². The number of aliphatic carboxylic acids is 2. The summed E-state index contributed by atoms with van der Waals surface area (Å²) in [5, 5.41) is 17.1. The van der Waals surface area contributed by atoms with E-state index < -0.39 is 11.9 Å². The maximum atomic E-state index is 10.4. The Balaban J connectivity index is 3.07. The van der Waals surface area contributed by atoms with E-state index in [1.165, 1.54) is 70.6 Å². The highest BCUT2D eigenvalue weighted by molar-refractivity contribution is 5.66. The molecule has 0 saturated carbocycles. The van der Waals surface area contributed by atoms with Crippen LogP contribution in [0.1, 0.15) is 109 Å². The quantitative estimate of drug-likeness (QED) is 0.209. The molecule has 0 aliphatic carbocycles. The van der Waals surface area contributed by atoms with Crippen LogP contribution in [0.15, 0.2) is 12.2 Å². The van der Waals surface area contributed by atoms with Gasteiger partial charge in [0.1, 0.15) is 0 Å². The van der Waals surface area contributed by atoms with Crippen LogP contribution in [0.3, 0.4) is 0 Å². The lowest BCUT2D eigenvalue weighted by Crippen LogP contribution is -1.93. The van der Waals surface area contributed by atoms with Crippen molar-refractivity contribution in [1.82, 2.24) is 0 Å². The van der Waals surface area contributed by atoms with Crippen molar-refractivity contribution in [2.75, 3.05) is 0 Å². The summed E-state index contributed by atoms with van der Waals surface area (Å²) in [5.74, 6) is -1.40. The molecule has 2 N–H and O–H groups in total. The third kappa shape index (κ3) is 22.7. The minimum atomic E-state index is -0.722. The minimum absolute atomic E-state index is 0.237. The van der Waals surface area contributed by atoms with Gasteiger partial charge in [0.2, 0.25) is 0 Å². The van der Waals surface area contributed by atoms with Gasteiger partial charge in [-0.2, -0.15) is 0 Å². The van der Waals surface area contributed by atoms with E-state index in [2.05, 4.69) is 6.08 Å². The molecule has 0 amide bonds. The van der Waals surface area contributed by atoms with Crippen molar-refractivity contribution in [3.8, 4) is 0 Å². The highest BCUT2D eigenvalue weighted by Gasteiger charge is 1.97. The van der Waals surface area contributed by atoms with E-state index in [0.717, 1.165) is 19.3 Å². The molecule has 0 aromatic carbocycles. The Morgan fingerprint density at radius 3 is 1.28 bits per heavy atom. The summed E-state index contributed by atoms with van der Waals surface area (Å²) in [6.45, 7) is 0. The third-order valence-electron chi connectivity index (χ3n) is 4.45. The Bertz CT molecular complexity index is 350. The van der Waals surface area contributed by atoms with Crippen LogP contribution < -0.4 is 0 Å². The zero-order chi connectivity index (χ0) is 18.6. The minimum Gasteiger partial charge on any atom is -0.481 e. The molecule has 4 nitrogen and oxygen atoms in total. The van der Waals surface area contributed by atoms with Crippen LogP contribution in [0.25, 0.3) is 0 Å². The van der Waals surface area contributed by atoms with Gasteiger partial charge in [0.25, 0.3) is 0 Å². The summed E-state index contributed by atoms with van der Waals surface area (Å²) in [6.07, 6.45) is 22.5. The SMILES string of the molecule is O=C(O)CC/C=C/CCCCCCCCCCCCCCCC(=O)O. The highest BCUT2D eigenvalue weighted by Crippen LogP contribution is 2.13. The van der Waals surface area contributed by atoms with E-state index in [-0.39, 0.29) is 6.42 Å². The Hall–Kier alpha value is -1.32. The van der Waals surface area contributed by atoms with Crippen molar-refractivity contribution < 1.29 is 19.8 Å². The molecule has 0 bridgehead atoms. The largest absolute Gasteiger partial charge is 0.481 e. The molecule has 0 fully saturated rings. The summed E-state index contributed by atoms with van der Waals surface area (Å²) in [7, 11) is 0. The molecule has 0 aromatic heterocycles. The fourth-order valence-corrected chi connectivity index (χ4v) is 2.93. The smallest absolute Gasteiger partial charge is 0.303 e. The Kier molecular flexibility index (Phi) is 18.0. The van der Waals surface area contributed by atoms with Crippen molar-refractivity contribution in [2.24, 2.45) is 0 Å². The van der Waals surface area contributed by atoms with Crippen molar-refractivity contribution >= 4 is 11.9 Å². The van der Waals surface area contributed by atoms with Gasteiger partial charge in [-0.05, 0) is 25.7 Å². The lowest BCUT2D eigenvalue weighted by molar-refractivity contribution is -0.138. The zero-order valence-electron chi connectivity index (χ0n) is 15.9. The molecule has 0 spiro atoms. The van der Waals surface area contributed by atoms with Crippen LogP contribution in [-0.4, -0.2) is 22.2 Å². The molecule has 25 heavy (non-hydrogen) atoms. The number of carboxylic acid groups (broad SMARTS) is 2. The van der Waals surface area contributed by atoms with Gasteiger partial charge in [-0.3, -0.25) is 9.59 Å². The fourth-order valence-electron chi connectivity index (χ4n) is 2.93. The number of carboxylic acids is 2. The average molecular weight is 355 g/mol. The Morgan fingerprint density at radius 2 is 0.840 bits per heavy atom. The van der Waals surface area contributed by atoms with Gasteiger partial charge < -0.3 is 10.2 Å². The second-order valence-corrected chi connectivity index (χ2v) is 6.93. The van der Waals surface area contributed by atoms with Crippen LogP contribution in [0.4, 0.5) is 0 Å². The van der Waals surface area contributed by atoms with Gasteiger partial charge in [0.15, 0.2) is 0 Å². The van der Waals surface area contributed by atoms with Gasteiger partial charge in [-0.25, -0.2) is 0 Å². The summed E-state index contributed by atoms with van der Waals surface area (Å²) >= 11 is 0. The lowest BCUT2D eigenvalue weighted by Gasteiger charge is -2.03. The van der Waals surface area contributed by atoms with Crippen LogP contribution in [0.2, 0.25) is 0 Å². The lowest BCUT2D eigenvalue weighted by atomic mass is 10.0. The zero-order valence-corrected chi connectivity index (χ0v) is 15.9. The first-order chi connectivity index (χ1) is 12.1. The summed E-state index contributed by atoms with van der Waals surface area (Å²) in [5.41, 5.74) is 0. The molecule has 0 radical (unpaired) electrons. The second-order valence-electron chi connectivity index (χ2n) is 6.93. The molecule has 0 aliphatic heterocycles. The molecule has 0 unspecified atom stereocenters. The summed E-state index contributed by atoms with van der Waals surface area (Å²) < 4.78 is 0. The standard InChI is InChI=1S/C21H38O4/c22-20(23)18-16-14-12-10-8-6-4-2-1-3-5-7-9-11-13-15-17-19-21(24)25/h12,14H,1-11,13,15-19H2,(H,22,23)(H,24,25)/b14-12+. The summed E-state index contributed by atoms with van der Waals surface area (Å²) in [6, 6.07) is 0. The monoisotopic (exact) mass is 354 g/mol.